The number of halogens is 1. The molecule has 1 fully saturated rings. The predicted molar refractivity (Wildman–Crippen MR) is 92.6 cm³/mol. The summed E-state index contributed by atoms with van der Waals surface area (Å²) in [7, 11) is 1.39. The summed E-state index contributed by atoms with van der Waals surface area (Å²) in [5.74, 6) is -0.283. The van der Waals surface area contributed by atoms with Gasteiger partial charge in [0.05, 0.1) is 7.11 Å². The Bertz CT molecular complexity index is 620. The van der Waals surface area contributed by atoms with Crippen molar-refractivity contribution in [2.45, 2.75) is 39.2 Å². The molecule has 0 N–H and O–H groups in total. The maximum atomic E-state index is 13.9. The minimum atomic E-state index is -0.582. The third kappa shape index (κ3) is 5.62. The van der Waals surface area contributed by atoms with Crippen molar-refractivity contribution < 1.29 is 23.5 Å². The molecule has 0 aliphatic carbocycles. The Morgan fingerprint density at radius 2 is 1.92 bits per heavy atom. The smallest absolute Gasteiger partial charge is 0.410 e. The Morgan fingerprint density at radius 1 is 1.28 bits per heavy atom. The molecule has 1 aliphatic heterocycles. The number of oxime groups is 1. The molecule has 0 unspecified atom stereocenters. The molecular weight excluding hydrogens is 327 g/mol. The number of benzene rings is 1. The Balaban J connectivity index is 1.82. The van der Waals surface area contributed by atoms with Crippen molar-refractivity contribution in [3.8, 4) is 11.5 Å². The van der Waals surface area contributed by atoms with Gasteiger partial charge in [-0.3, -0.25) is 0 Å². The molecule has 138 valence electrons. The Kier molecular flexibility index (Phi) is 6.22. The van der Waals surface area contributed by atoms with Gasteiger partial charge in [-0.15, -0.1) is 0 Å². The number of amides is 1. The fraction of sp³-hybridized carbons (Fsp3) is 0.556. The average Bonchev–Trinajstić information content (AvgIpc) is 2.55. The van der Waals surface area contributed by atoms with E-state index in [1.165, 1.54) is 19.2 Å². The van der Waals surface area contributed by atoms with Crippen LogP contribution in [0.15, 0.2) is 23.4 Å². The molecule has 0 saturated carbocycles. The van der Waals surface area contributed by atoms with Gasteiger partial charge in [0, 0.05) is 25.2 Å². The van der Waals surface area contributed by atoms with Gasteiger partial charge in [0.1, 0.15) is 5.60 Å². The van der Waals surface area contributed by atoms with E-state index in [4.69, 9.17) is 14.3 Å². The number of carbonyl (C=O) groups is 1. The Hall–Kier alpha value is -2.31. The van der Waals surface area contributed by atoms with Crippen LogP contribution < -0.4 is 9.57 Å². The van der Waals surface area contributed by atoms with E-state index in [0.717, 1.165) is 12.8 Å². The molecule has 0 radical (unpaired) electrons. The van der Waals surface area contributed by atoms with Gasteiger partial charge in [-0.25, -0.2) is 4.79 Å². The summed E-state index contributed by atoms with van der Waals surface area (Å²) in [6.45, 7) is 6.73. The number of piperidine rings is 1. The normalized spacial score (nSPS) is 16.1. The minimum Gasteiger partial charge on any atom is -0.494 e. The summed E-state index contributed by atoms with van der Waals surface area (Å²) < 4.78 is 24.2. The van der Waals surface area contributed by atoms with Crippen LogP contribution in [-0.2, 0) is 4.74 Å². The fourth-order valence-electron chi connectivity index (χ4n) is 2.45. The van der Waals surface area contributed by atoms with Crippen LogP contribution in [-0.4, -0.2) is 43.0 Å². The second-order valence-corrected chi connectivity index (χ2v) is 6.92. The van der Waals surface area contributed by atoms with E-state index in [1.807, 2.05) is 20.8 Å². The molecule has 1 saturated heterocycles. The highest BCUT2D eigenvalue weighted by molar-refractivity contribution is 5.69. The van der Waals surface area contributed by atoms with Crippen LogP contribution in [0.25, 0.3) is 0 Å². The first-order chi connectivity index (χ1) is 11.8. The summed E-state index contributed by atoms with van der Waals surface area (Å²) >= 11 is 0. The lowest BCUT2D eigenvalue weighted by atomic mass is 9.99. The van der Waals surface area contributed by atoms with Crippen LogP contribution in [0.1, 0.15) is 33.6 Å². The standard InChI is InChI=1S/C18H25FN2O4/c1-18(2,3)24-17(22)21-10-8-13(9-11-21)12-20-25-15-7-5-6-14(23-4)16(15)19/h5-7,12-13H,8-11H2,1-4H3. The topological polar surface area (TPSA) is 60.4 Å². The number of likely N-dealkylation sites (tertiary alicyclic amines) is 1. The first kappa shape index (κ1) is 19.0. The van der Waals surface area contributed by atoms with Crippen LogP contribution in [0, 0.1) is 11.7 Å². The van der Waals surface area contributed by atoms with Crippen LogP contribution in [0.2, 0.25) is 0 Å². The largest absolute Gasteiger partial charge is 0.494 e. The quantitative estimate of drug-likeness (QED) is 0.610. The molecule has 0 bridgehead atoms. The lowest BCUT2D eigenvalue weighted by Gasteiger charge is -2.32. The first-order valence-corrected chi connectivity index (χ1v) is 8.31. The van der Waals surface area contributed by atoms with Crippen molar-refractivity contribution in [2.24, 2.45) is 11.1 Å². The number of nitrogens with zero attached hydrogens (tertiary/aromatic N) is 2. The van der Waals surface area contributed by atoms with Crippen molar-refractivity contribution in [3.63, 3.8) is 0 Å². The van der Waals surface area contributed by atoms with E-state index >= 15 is 0 Å². The van der Waals surface area contributed by atoms with E-state index in [1.54, 1.807) is 17.2 Å². The van der Waals surface area contributed by atoms with Crippen molar-refractivity contribution >= 4 is 12.3 Å². The van der Waals surface area contributed by atoms with Gasteiger partial charge >= 0.3 is 6.09 Å². The number of ether oxygens (including phenoxy) is 2. The van der Waals surface area contributed by atoms with Gasteiger partial charge in [0.25, 0.3) is 0 Å². The molecule has 1 aromatic rings. The number of rotatable bonds is 4. The van der Waals surface area contributed by atoms with E-state index in [9.17, 15) is 9.18 Å². The van der Waals surface area contributed by atoms with E-state index in [-0.39, 0.29) is 23.5 Å². The first-order valence-electron chi connectivity index (χ1n) is 8.31. The highest BCUT2D eigenvalue weighted by Crippen LogP contribution is 2.26. The molecule has 0 atom stereocenters. The number of methoxy groups -OCH3 is 1. The van der Waals surface area contributed by atoms with Gasteiger partial charge in [-0.1, -0.05) is 11.2 Å². The van der Waals surface area contributed by atoms with Crippen molar-refractivity contribution in [1.82, 2.24) is 4.90 Å². The van der Waals surface area contributed by atoms with Crippen LogP contribution in [0.3, 0.4) is 0 Å². The van der Waals surface area contributed by atoms with Gasteiger partial charge in [-0.2, -0.15) is 4.39 Å². The van der Waals surface area contributed by atoms with E-state index in [2.05, 4.69) is 5.16 Å². The molecule has 1 amide bonds. The second-order valence-electron chi connectivity index (χ2n) is 6.92. The third-order valence-electron chi connectivity index (χ3n) is 3.76. The molecule has 6 nitrogen and oxygen atoms in total. The number of hydrogen-bond donors (Lipinski definition) is 0. The number of hydrogen-bond acceptors (Lipinski definition) is 5. The van der Waals surface area contributed by atoms with Gasteiger partial charge in [0.2, 0.25) is 5.82 Å². The average molecular weight is 352 g/mol. The third-order valence-corrected chi connectivity index (χ3v) is 3.76. The summed E-state index contributed by atoms with van der Waals surface area (Å²) in [5.41, 5.74) is -0.496. The van der Waals surface area contributed by atoms with E-state index in [0.29, 0.717) is 13.1 Å². The maximum absolute atomic E-state index is 13.9. The molecule has 1 aromatic carbocycles. The van der Waals surface area contributed by atoms with Crippen LogP contribution in [0.4, 0.5) is 9.18 Å². The molecule has 7 heteroatoms. The maximum Gasteiger partial charge on any atom is 0.410 e. The lowest BCUT2D eigenvalue weighted by molar-refractivity contribution is 0.0202. The predicted octanol–water partition coefficient (Wildman–Crippen LogP) is 3.85. The van der Waals surface area contributed by atoms with Crippen molar-refractivity contribution in [1.29, 1.82) is 0 Å². The van der Waals surface area contributed by atoms with Gasteiger partial charge in [-0.05, 0) is 45.7 Å². The molecular formula is C18H25FN2O4. The molecule has 2 rings (SSSR count). The second kappa shape index (κ2) is 8.18. The van der Waals surface area contributed by atoms with E-state index < -0.39 is 11.4 Å². The number of carbonyl (C=O) groups excluding carboxylic acids is 1. The van der Waals surface area contributed by atoms with Gasteiger partial charge < -0.3 is 19.2 Å². The minimum absolute atomic E-state index is 0.0155. The summed E-state index contributed by atoms with van der Waals surface area (Å²) in [5, 5.41) is 3.88. The molecule has 0 spiro atoms. The zero-order valence-corrected chi connectivity index (χ0v) is 15.1. The van der Waals surface area contributed by atoms with Gasteiger partial charge in [0.15, 0.2) is 11.5 Å². The molecule has 1 heterocycles. The monoisotopic (exact) mass is 352 g/mol. The highest BCUT2D eigenvalue weighted by Gasteiger charge is 2.26. The summed E-state index contributed by atoms with van der Waals surface area (Å²) in [6, 6.07) is 4.63. The van der Waals surface area contributed by atoms with Crippen LogP contribution in [0.5, 0.6) is 11.5 Å². The Morgan fingerprint density at radius 3 is 2.52 bits per heavy atom. The summed E-state index contributed by atoms with van der Waals surface area (Å²) in [6.07, 6.45) is 2.88. The van der Waals surface area contributed by atoms with Crippen LogP contribution >= 0.6 is 0 Å². The highest BCUT2D eigenvalue weighted by atomic mass is 19.1. The Labute approximate surface area is 147 Å². The fourth-order valence-corrected chi connectivity index (χ4v) is 2.45. The summed E-state index contributed by atoms with van der Waals surface area (Å²) in [4.78, 5) is 18.8. The lowest BCUT2D eigenvalue weighted by Crippen LogP contribution is -2.41. The zero-order chi connectivity index (χ0) is 18.4. The van der Waals surface area contributed by atoms with Crippen molar-refractivity contribution in [3.05, 3.63) is 24.0 Å². The van der Waals surface area contributed by atoms with Crippen molar-refractivity contribution in [2.75, 3.05) is 20.2 Å². The molecule has 25 heavy (non-hydrogen) atoms. The zero-order valence-electron chi connectivity index (χ0n) is 15.1. The molecule has 1 aliphatic rings. The molecule has 0 aromatic heterocycles. The SMILES string of the molecule is COc1cccc(ON=CC2CCN(C(=O)OC(C)(C)C)CC2)c1F.